The van der Waals surface area contributed by atoms with E-state index in [4.69, 9.17) is 16.3 Å². The van der Waals surface area contributed by atoms with Gasteiger partial charge in [0, 0.05) is 16.5 Å². The molecule has 20 heavy (non-hydrogen) atoms. The number of ether oxygens (including phenoxy) is 1. The smallest absolute Gasteiger partial charge is 0.168 e. The lowest BCUT2D eigenvalue weighted by Crippen LogP contribution is -2.05. The van der Waals surface area contributed by atoms with Crippen molar-refractivity contribution in [1.29, 1.82) is 0 Å². The second kappa shape index (κ2) is 6.57. The molecule has 0 amide bonds. The zero-order valence-electron chi connectivity index (χ0n) is 10.7. The fourth-order valence-corrected chi connectivity index (χ4v) is 2.60. The van der Waals surface area contributed by atoms with E-state index in [1.807, 2.05) is 0 Å². The number of rotatable bonds is 4. The molecule has 1 N–H and O–H groups in total. The minimum atomic E-state index is -0.887. The third-order valence-corrected chi connectivity index (χ3v) is 4.33. The lowest BCUT2D eigenvalue weighted by atomic mass is 10.0. The molecule has 0 bridgehead atoms. The molecule has 0 fully saturated rings. The summed E-state index contributed by atoms with van der Waals surface area (Å²) in [6.45, 7) is 0. The van der Waals surface area contributed by atoms with Gasteiger partial charge in [-0.1, -0.05) is 35.9 Å². The minimum absolute atomic E-state index is 0.124. The molecule has 1 unspecified atom stereocenters. The van der Waals surface area contributed by atoms with Gasteiger partial charge in [-0.15, -0.1) is 0 Å². The van der Waals surface area contributed by atoms with Crippen LogP contribution < -0.4 is 4.74 Å². The summed E-state index contributed by atoms with van der Waals surface area (Å²) in [7, 11) is 1.41. The molecule has 0 spiro atoms. The maximum absolute atomic E-state index is 14.1. The second-order valence-corrected chi connectivity index (χ2v) is 5.53. The van der Waals surface area contributed by atoms with E-state index in [1.165, 1.54) is 13.2 Å². The van der Waals surface area contributed by atoms with Crippen LogP contribution in [-0.4, -0.2) is 12.2 Å². The van der Waals surface area contributed by atoms with Gasteiger partial charge in [-0.3, -0.25) is 0 Å². The van der Waals surface area contributed by atoms with Crippen LogP contribution in [0.1, 0.15) is 17.2 Å². The van der Waals surface area contributed by atoms with Gasteiger partial charge in [0.1, 0.15) is 0 Å². The Balaban J connectivity index is 2.28. The van der Waals surface area contributed by atoms with Crippen molar-refractivity contribution >= 4 is 27.5 Å². The Labute approximate surface area is 130 Å². The van der Waals surface area contributed by atoms with Crippen LogP contribution in [-0.2, 0) is 6.42 Å². The van der Waals surface area contributed by atoms with Crippen molar-refractivity contribution in [3.05, 3.63) is 62.8 Å². The lowest BCUT2D eigenvalue weighted by molar-refractivity contribution is 0.177. The summed E-state index contributed by atoms with van der Waals surface area (Å²) in [5.41, 5.74) is 0.941. The molecule has 1 atom stereocenters. The highest BCUT2D eigenvalue weighted by molar-refractivity contribution is 9.10. The van der Waals surface area contributed by atoms with E-state index in [-0.39, 0.29) is 12.2 Å². The predicted molar refractivity (Wildman–Crippen MR) is 80.8 cm³/mol. The maximum atomic E-state index is 14.1. The Morgan fingerprint density at radius 1 is 1.30 bits per heavy atom. The first-order valence-corrected chi connectivity index (χ1v) is 7.15. The van der Waals surface area contributed by atoms with E-state index in [0.29, 0.717) is 20.6 Å². The van der Waals surface area contributed by atoms with Crippen LogP contribution in [0.15, 0.2) is 40.9 Å². The van der Waals surface area contributed by atoms with Crippen molar-refractivity contribution in [3.63, 3.8) is 0 Å². The van der Waals surface area contributed by atoms with Crippen LogP contribution in [0.25, 0.3) is 0 Å². The van der Waals surface area contributed by atoms with Crippen molar-refractivity contribution in [2.45, 2.75) is 12.5 Å². The van der Waals surface area contributed by atoms with Gasteiger partial charge in [-0.05, 0) is 33.6 Å². The van der Waals surface area contributed by atoms with Gasteiger partial charge >= 0.3 is 0 Å². The highest BCUT2D eigenvalue weighted by Gasteiger charge is 2.17. The average molecular weight is 360 g/mol. The first-order valence-electron chi connectivity index (χ1n) is 5.98. The molecule has 0 saturated carbocycles. The van der Waals surface area contributed by atoms with Crippen molar-refractivity contribution in [2.24, 2.45) is 0 Å². The number of hydrogen-bond donors (Lipinski definition) is 1. The average Bonchev–Trinajstić information content (AvgIpc) is 2.44. The maximum Gasteiger partial charge on any atom is 0.168 e. The first kappa shape index (κ1) is 15.3. The van der Waals surface area contributed by atoms with E-state index in [2.05, 4.69) is 15.9 Å². The fourth-order valence-electron chi connectivity index (χ4n) is 1.97. The second-order valence-electron chi connectivity index (χ2n) is 4.30. The Bertz CT molecular complexity index is 619. The van der Waals surface area contributed by atoms with Gasteiger partial charge in [-0.2, -0.15) is 0 Å². The SMILES string of the molecule is COc1cccc(CC(O)c2cccc(Br)c2Cl)c1F. The third kappa shape index (κ3) is 3.14. The van der Waals surface area contributed by atoms with Crippen LogP contribution >= 0.6 is 27.5 Å². The molecule has 0 aromatic heterocycles. The van der Waals surface area contributed by atoms with E-state index >= 15 is 0 Å². The summed E-state index contributed by atoms with van der Waals surface area (Å²) in [6, 6.07) is 10.1. The molecular formula is C15H13BrClFO2. The molecule has 0 aliphatic rings. The Morgan fingerprint density at radius 3 is 2.70 bits per heavy atom. The van der Waals surface area contributed by atoms with Crippen molar-refractivity contribution in [3.8, 4) is 5.75 Å². The summed E-state index contributed by atoms with van der Waals surface area (Å²) >= 11 is 9.43. The van der Waals surface area contributed by atoms with Crippen LogP contribution in [0.3, 0.4) is 0 Å². The lowest BCUT2D eigenvalue weighted by Gasteiger charge is -2.15. The standard InChI is InChI=1S/C15H13BrClFO2/c1-20-13-7-2-4-9(15(13)18)8-12(19)10-5-3-6-11(16)14(10)17/h2-7,12,19H,8H2,1H3. The summed E-state index contributed by atoms with van der Waals surface area (Å²) in [5.74, 6) is -0.296. The Morgan fingerprint density at radius 2 is 2.00 bits per heavy atom. The highest BCUT2D eigenvalue weighted by Crippen LogP contribution is 2.32. The van der Waals surface area contributed by atoms with Gasteiger partial charge in [0.25, 0.3) is 0 Å². The quantitative estimate of drug-likeness (QED) is 0.869. The number of aliphatic hydroxyl groups excluding tert-OH is 1. The Kier molecular flexibility index (Phi) is 5.02. The summed E-state index contributed by atoms with van der Waals surface area (Å²) in [4.78, 5) is 0. The zero-order chi connectivity index (χ0) is 14.7. The summed E-state index contributed by atoms with van der Waals surface area (Å²) in [5, 5.41) is 10.7. The van der Waals surface area contributed by atoms with Crippen molar-refractivity contribution in [2.75, 3.05) is 7.11 Å². The predicted octanol–water partition coefficient (Wildman–Crippen LogP) is 4.53. The zero-order valence-corrected chi connectivity index (χ0v) is 13.1. The van der Waals surface area contributed by atoms with Crippen LogP contribution in [0.2, 0.25) is 5.02 Å². The van der Waals surface area contributed by atoms with Crippen LogP contribution in [0.4, 0.5) is 4.39 Å². The number of hydrogen-bond acceptors (Lipinski definition) is 2. The fraction of sp³-hybridized carbons (Fsp3) is 0.200. The third-order valence-electron chi connectivity index (χ3n) is 3.02. The molecule has 0 heterocycles. The molecule has 5 heteroatoms. The molecular weight excluding hydrogens is 347 g/mol. The molecule has 2 rings (SSSR count). The molecule has 2 aromatic rings. The number of benzene rings is 2. The van der Waals surface area contributed by atoms with Crippen molar-refractivity contribution < 1.29 is 14.2 Å². The highest BCUT2D eigenvalue weighted by atomic mass is 79.9. The molecule has 0 saturated heterocycles. The van der Waals surface area contributed by atoms with E-state index in [0.717, 1.165) is 0 Å². The van der Waals surface area contributed by atoms with E-state index in [9.17, 15) is 9.50 Å². The molecule has 106 valence electrons. The van der Waals surface area contributed by atoms with E-state index in [1.54, 1.807) is 30.3 Å². The molecule has 0 aliphatic carbocycles. The van der Waals surface area contributed by atoms with Gasteiger partial charge in [-0.25, -0.2) is 4.39 Å². The monoisotopic (exact) mass is 358 g/mol. The van der Waals surface area contributed by atoms with Crippen molar-refractivity contribution in [1.82, 2.24) is 0 Å². The number of methoxy groups -OCH3 is 1. The van der Waals surface area contributed by atoms with E-state index < -0.39 is 11.9 Å². The number of halogens is 3. The largest absolute Gasteiger partial charge is 0.494 e. The number of aliphatic hydroxyl groups is 1. The van der Waals surface area contributed by atoms with Gasteiger partial charge in [0.2, 0.25) is 0 Å². The van der Waals surface area contributed by atoms with Gasteiger partial charge in [0.15, 0.2) is 11.6 Å². The summed E-state index contributed by atoms with van der Waals surface area (Å²) in [6.07, 6.45) is -0.763. The summed E-state index contributed by atoms with van der Waals surface area (Å²) < 4.78 is 19.7. The van der Waals surface area contributed by atoms with Gasteiger partial charge in [0.05, 0.1) is 18.2 Å². The first-order chi connectivity index (χ1) is 9.54. The molecule has 2 nitrogen and oxygen atoms in total. The van der Waals surface area contributed by atoms with Crippen LogP contribution in [0.5, 0.6) is 5.75 Å². The Hall–Kier alpha value is -1.10. The van der Waals surface area contributed by atoms with Gasteiger partial charge < -0.3 is 9.84 Å². The van der Waals surface area contributed by atoms with Crippen LogP contribution in [0, 0.1) is 5.82 Å². The molecule has 2 aromatic carbocycles. The topological polar surface area (TPSA) is 29.5 Å². The molecule has 0 aliphatic heterocycles. The normalized spacial score (nSPS) is 12.2. The molecule has 0 radical (unpaired) electrons. The minimum Gasteiger partial charge on any atom is -0.494 e.